The molecule has 146 valence electrons. The van der Waals surface area contributed by atoms with Crippen molar-refractivity contribution >= 4 is 23.2 Å². The van der Waals surface area contributed by atoms with Crippen molar-refractivity contribution in [3.63, 3.8) is 0 Å². The first-order chi connectivity index (χ1) is 12.2. The first-order valence-corrected chi connectivity index (χ1v) is 9.16. The van der Waals surface area contributed by atoms with E-state index in [9.17, 15) is 18.0 Å². The first-order valence-electron chi connectivity index (χ1n) is 8.78. The Morgan fingerprint density at radius 1 is 1.35 bits per heavy atom. The average Bonchev–Trinajstić information content (AvgIpc) is 2.60. The number of piperidine rings is 1. The minimum Gasteiger partial charge on any atom is -0.324 e. The van der Waals surface area contributed by atoms with Crippen LogP contribution in [0.2, 0.25) is 5.02 Å². The number of likely N-dealkylation sites (tertiary alicyclic amines) is 1. The molecule has 0 aliphatic carbocycles. The van der Waals surface area contributed by atoms with Crippen LogP contribution in [0.3, 0.4) is 0 Å². The molecule has 1 amide bonds. The summed E-state index contributed by atoms with van der Waals surface area (Å²) < 4.78 is 39.5. The Labute approximate surface area is 157 Å². The van der Waals surface area contributed by atoms with Crippen LogP contribution in [0.4, 0.5) is 18.9 Å². The molecule has 1 fully saturated rings. The fraction of sp³-hybridized carbons (Fsp3) is 0.611. The van der Waals surface area contributed by atoms with E-state index < -0.39 is 23.7 Å². The van der Waals surface area contributed by atoms with E-state index in [1.54, 1.807) is 6.92 Å². The second-order valence-corrected chi connectivity index (χ2v) is 7.16. The number of carbonyl (C=O) groups is 1. The van der Waals surface area contributed by atoms with Gasteiger partial charge in [0.1, 0.15) is 0 Å². The molecule has 1 atom stereocenters. The van der Waals surface area contributed by atoms with Gasteiger partial charge in [0.15, 0.2) is 0 Å². The highest BCUT2D eigenvalue weighted by molar-refractivity contribution is 6.30. The zero-order valence-electron chi connectivity index (χ0n) is 15.0. The van der Waals surface area contributed by atoms with Gasteiger partial charge in [-0.25, -0.2) is 0 Å². The summed E-state index contributed by atoms with van der Waals surface area (Å²) in [4.78, 5) is 14.5. The summed E-state index contributed by atoms with van der Waals surface area (Å²) >= 11 is 5.67. The highest BCUT2D eigenvalue weighted by atomic mass is 35.5. The molecule has 1 aliphatic rings. The number of amides is 1. The topological polar surface area (TPSA) is 44.4 Å². The normalized spacial score (nSPS) is 17.9. The molecule has 2 rings (SSSR count). The van der Waals surface area contributed by atoms with Gasteiger partial charge in [-0.2, -0.15) is 13.2 Å². The van der Waals surface area contributed by atoms with Crippen LogP contribution in [0.25, 0.3) is 0 Å². The number of anilines is 1. The summed E-state index contributed by atoms with van der Waals surface area (Å²) in [5.41, 5.74) is -1.20. The summed E-state index contributed by atoms with van der Waals surface area (Å²) in [6.07, 6.45) is -1.49. The van der Waals surface area contributed by atoms with Crippen LogP contribution in [0, 0.1) is 5.92 Å². The molecule has 2 N–H and O–H groups in total. The maximum atomic E-state index is 13.2. The van der Waals surface area contributed by atoms with Crippen LogP contribution in [-0.4, -0.2) is 43.5 Å². The van der Waals surface area contributed by atoms with Gasteiger partial charge >= 0.3 is 6.18 Å². The summed E-state index contributed by atoms with van der Waals surface area (Å²) in [6, 6.07) is 2.87. The van der Waals surface area contributed by atoms with Crippen molar-refractivity contribution in [1.82, 2.24) is 10.2 Å². The SMILES string of the molecule is CNCCC1CCN(C(C)C(=O)Nc2ccc(Cl)cc2C(F)(F)F)CC1. The van der Waals surface area contributed by atoms with E-state index in [0.29, 0.717) is 5.92 Å². The lowest BCUT2D eigenvalue weighted by molar-refractivity contribution is -0.137. The number of carbonyl (C=O) groups excluding carboxylic acids is 1. The summed E-state index contributed by atoms with van der Waals surface area (Å²) in [5, 5.41) is 5.53. The second kappa shape index (κ2) is 9.06. The van der Waals surface area contributed by atoms with Gasteiger partial charge in [-0.3, -0.25) is 9.69 Å². The van der Waals surface area contributed by atoms with Crippen LogP contribution in [0.5, 0.6) is 0 Å². The zero-order valence-corrected chi connectivity index (χ0v) is 15.8. The molecule has 1 heterocycles. The van der Waals surface area contributed by atoms with E-state index in [0.717, 1.165) is 45.0 Å². The number of benzene rings is 1. The van der Waals surface area contributed by atoms with E-state index in [-0.39, 0.29) is 10.7 Å². The van der Waals surface area contributed by atoms with Gasteiger partial charge in [-0.15, -0.1) is 0 Å². The van der Waals surface area contributed by atoms with Gasteiger partial charge in [-0.1, -0.05) is 11.6 Å². The maximum absolute atomic E-state index is 13.2. The minimum absolute atomic E-state index is 0.0213. The average molecular weight is 392 g/mol. The Hall–Kier alpha value is -1.31. The number of halogens is 4. The third kappa shape index (κ3) is 5.59. The summed E-state index contributed by atoms with van der Waals surface area (Å²) in [6.45, 7) is 4.25. The van der Waals surface area contributed by atoms with Gasteiger partial charge in [0.2, 0.25) is 5.91 Å². The standard InChI is InChI=1S/C18H25ClF3N3O/c1-12(25-9-6-13(7-10-25)5-8-23-2)17(26)24-16-4-3-14(19)11-15(16)18(20,21)22/h3-4,11-13,23H,5-10H2,1-2H3,(H,24,26). The fourth-order valence-corrected chi connectivity index (χ4v) is 3.41. The molecule has 8 heteroatoms. The van der Waals surface area contributed by atoms with Crippen LogP contribution < -0.4 is 10.6 Å². The smallest absolute Gasteiger partial charge is 0.324 e. The molecule has 0 radical (unpaired) electrons. The van der Waals surface area contributed by atoms with Gasteiger partial charge in [0.05, 0.1) is 17.3 Å². The predicted octanol–water partition coefficient (Wildman–Crippen LogP) is 4.01. The highest BCUT2D eigenvalue weighted by Crippen LogP contribution is 2.36. The molecule has 1 aromatic carbocycles. The van der Waals surface area contributed by atoms with Gasteiger partial charge < -0.3 is 10.6 Å². The molecule has 0 bridgehead atoms. The fourth-order valence-electron chi connectivity index (χ4n) is 3.24. The number of rotatable bonds is 6. The Bertz CT molecular complexity index is 616. The van der Waals surface area contributed by atoms with Crippen molar-refractivity contribution < 1.29 is 18.0 Å². The number of alkyl halides is 3. The molecular formula is C18H25ClF3N3O. The van der Waals surface area contributed by atoms with E-state index in [1.807, 2.05) is 11.9 Å². The number of hydrogen-bond acceptors (Lipinski definition) is 3. The molecular weight excluding hydrogens is 367 g/mol. The highest BCUT2D eigenvalue weighted by Gasteiger charge is 2.35. The lowest BCUT2D eigenvalue weighted by Crippen LogP contribution is -2.46. The summed E-state index contributed by atoms with van der Waals surface area (Å²) in [5.74, 6) is 0.188. The third-order valence-corrected chi connectivity index (χ3v) is 5.16. The zero-order chi connectivity index (χ0) is 19.3. The lowest BCUT2D eigenvalue weighted by Gasteiger charge is -2.35. The lowest BCUT2D eigenvalue weighted by atomic mass is 9.93. The molecule has 4 nitrogen and oxygen atoms in total. The maximum Gasteiger partial charge on any atom is 0.418 e. The molecule has 0 saturated carbocycles. The Morgan fingerprint density at radius 3 is 2.58 bits per heavy atom. The Balaban J connectivity index is 1.98. The molecule has 1 unspecified atom stereocenters. The first kappa shape index (κ1) is 21.0. The predicted molar refractivity (Wildman–Crippen MR) is 97.4 cm³/mol. The van der Waals surface area contributed by atoms with Crippen molar-refractivity contribution in [2.75, 3.05) is 32.0 Å². The van der Waals surface area contributed by atoms with E-state index in [2.05, 4.69) is 10.6 Å². The number of nitrogens with one attached hydrogen (secondary N) is 2. The number of nitrogens with zero attached hydrogens (tertiary/aromatic N) is 1. The van der Waals surface area contributed by atoms with Crippen LogP contribution >= 0.6 is 11.6 Å². The second-order valence-electron chi connectivity index (χ2n) is 6.72. The van der Waals surface area contributed by atoms with Crippen LogP contribution in [-0.2, 0) is 11.0 Å². The molecule has 1 saturated heterocycles. The van der Waals surface area contributed by atoms with Crippen molar-refractivity contribution in [3.05, 3.63) is 28.8 Å². The van der Waals surface area contributed by atoms with E-state index in [1.165, 1.54) is 12.1 Å². The van der Waals surface area contributed by atoms with Gasteiger partial charge in [0.25, 0.3) is 0 Å². The number of hydrogen-bond donors (Lipinski definition) is 2. The molecule has 26 heavy (non-hydrogen) atoms. The largest absolute Gasteiger partial charge is 0.418 e. The quantitative estimate of drug-likeness (QED) is 0.770. The Kier molecular flexibility index (Phi) is 7.32. The van der Waals surface area contributed by atoms with Gasteiger partial charge in [0, 0.05) is 5.02 Å². The Morgan fingerprint density at radius 2 is 2.00 bits per heavy atom. The third-order valence-electron chi connectivity index (χ3n) is 4.92. The molecule has 1 aliphatic heterocycles. The van der Waals surface area contributed by atoms with Gasteiger partial charge in [-0.05, 0) is 77.0 Å². The van der Waals surface area contributed by atoms with E-state index >= 15 is 0 Å². The summed E-state index contributed by atoms with van der Waals surface area (Å²) in [7, 11) is 1.92. The van der Waals surface area contributed by atoms with Crippen LogP contribution in [0.1, 0.15) is 31.7 Å². The molecule has 1 aromatic rings. The molecule has 0 aromatic heterocycles. The van der Waals surface area contributed by atoms with Crippen molar-refractivity contribution in [2.45, 2.75) is 38.4 Å². The van der Waals surface area contributed by atoms with Crippen molar-refractivity contribution in [3.8, 4) is 0 Å². The minimum atomic E-state index is -4.58. The van der Waals surface area contributed by atoms with E-state index in [4.69, 9.17) is 11.6 Å². The van der Waals surface area contributed by atoms with Crippen LogP contribution in [0.15, 0.2) is 18.2 Å². The monoisotopic (exact) mass is 391 g/mol. The molecule has 0 spiro atoms. The van der Waals surface area contributed by atoms with Crippen molar-refractivity contribution in [2.24, 2.45) is 5.92 Å². The van der Waals surface area contributed by atoms with Crippen molar-refractivity contribution in [1.29, 1.82) is 0 Å².